The average Bonchev–Trinajstić information content (AvgIpc) is 3.25. The van der Waals surface area contributed by atoms with E-state index in [9.17, 15) is 0 Å². The second-order valence-corrected chi connectivity index (χ2v) is 7.07. The smallest absolute Gasteiger partial charge is 0.230 e. The third-order valence-electron chi connectivity index (χ3n) is 4.97. The minimum atomic E-state index is 0.280. The van der Waals surface area contributed by atoms with Crippen LogP contribution in [0.25, 0.3) is 0 Å². The molecular weight excluding hydrogens is 290 g/mol. The lowest BCUT2D eigenvalue weighted by Gasteiger charge is -2.20. The number of aromatic amines is 1. The third kappa shape index (κ3) is 2.92. The van der Waals surface area contributed by atoms with Gasteiger partial charge in [-0.05, 0) is 45.1 Å². The summed E-state index contributed by atoms with van der Waals surface area (Å²) in [7, 11) is 0. The van der Waals surface area contributed by atoms with Gasteiger partial charge in [0.25, 0.3) is 0 Å². The normalized spacial score (nSPS) is 22.0. The number of rotatable bonds is 4. The van der Waals surface area contributed by atoms with Crippen molar-refractivity contribution < 1.29 is 4.42 Å². The molecule has 4 rings (SSSR count). The van der Waals surface area contributed by atoms with Crippen molar-refractivity contribution in [2.24, 2.45) is 0 Å². The maximum Gasteiger partial charge on any atom is 0.230 e. The fraction of sp³-hybridized carbons (Fsp3) is 0.706. The van der Waals surface area contributed by atoms with E-state index in [-0.39, 0.29) is 5.92 Å². The summed E-state index contributed by atoms with van der Waals surface area (Å²) in [5.41, 5.74) is 2.65. The highest BCUT2D eigenvalue weighted by Crippen LogP contribution is 2.33. The minimum absolute atomic E-state index is 0.280. The fourth-order valence-corrected chi connectivity index (χ4v) is 3.70. The van der Waals surface area contributed by atoms with Crippen LogP contribution in [0.2, 0.25) is 0 Å². The second kappa shape index (κ2) is 6.07. The van der Waals surface area contributed by atoms with Crippen molar-refractivity contribution in [2.75, 3.05) is 6.54 Å². The maximum absolute atomic E-state index is 5.78. The molecule has 6 heteroatoms. The number of likely N-dealkylation sites (tertiary alicyclic amines) is 1. The Morgan fingerprint density at radius 3 is 2.87 bits per heavy atom. The number of hydrogen-bond donors (Lipinski definition) is 1. The third-order valence-corrected chi connectivity index (χ3v) is 4.97. The Morgan fingerprint density at radius 2 is 2.09 bits per heavy atom. The summed E-state index contributed by atoms with van der Waals surface area (Å²) < 4.78 is 5.78. The first-order valence-corrected chi connectivity index (χ1v) is 8.84. The lowest BCUT2D eigenvalue weighted by Crippen LogP contribution is -2.23. The monoisotopic (exact) mass is 315 g/mol. The highest BCUT2D eigenvalue weighted by molar-refractivity contribution is 5.19. The van der Waals surface area contributed by atoms with E-state index in [0.717, 1.165) is 50.0 Å². The predicted molar refractivity (Wildman–Crippen MR) is 86.0 cm³/mol. The Bertz CT molecular complexity index is 651. The van der Waals surface area contributed by atoms with Crippen LogP contribution >= 0.6 is 0 Å². The van der Waals surface area contributed by atoms with E-state index in [0.29, 0.717) is 6.04 Å². The molecule has 1 aliphatic carbocycles. The molecule has 0 saturated carbocycles. The van der Waals surface area contributed by atoms with E-state index in [1.54, 1.807) is 0 Å². The molecule has 0 bridgehead atoms. The van der Waals surface area contributed by atoms with E-state index in [1.807, 2.05) is 0 Å². The summed E-state index contributed by atoms with van der Waals surface area (Å²) in [5.74, 6) is 2.86. The molecule has 23 heavy (non-hydrogen) atoms. The van der Waals surface area contributed by atoms with Gasteiger partial charge in [-0.15, -0.1) is 10.2 Å². The Morgan fingerprint density at radius 1 is 1.22 bits per heavy atom. The van der Waals surface area contributed by atoms with Crippen molar-refractivity contribution in [1.29, 1.82) is 0 Å². The predicted octanol–water partition coefficient (Wildman–Crippen LogP) is 3.13. The van der Waals surface area contributed by atoms with Crippen LogP contribution in [0.5, 0.6) is 0 Å². The van der Waals surface area contributed by atoms with Gasteiger partial charge in [-0.3, -0.25) is 4.90 Å². The number of fused-ring (bicyclic) bond motifs is 1. The number of hydrogen-bond acceptors (Lipinski definition) is 5. The van der Waals surface area contributed by atoms with Crippen LogP contribution in [0.3, 0.4) is 0 Å². The maximum atomic E-state index is 5.78. The summed E-state index contributed by atoms with van der Waals surface area (Å²) in [4.78, 5) is 10.9. The van der Waals surface area contributed by atoms with E-state index in [2.05, 4.69) is 33.9 Å². The molecule has 0 radical (unpaired) electrons. The number of imidazole rings is 1. The van der Waals surface area contributed by atoms with Crippen molar-refractivity contribution in [3.63, 3.8) is 0 Å². The van der Waals surface area contributed by atoms with Gasteiger partial charge >= 0.3 is 0 Å². The highest BCUT2D eigenvalue weighted by atomic mass is 16.4. The van der Waals surface area contributed by atoms with Crippen LogP contribution in [0, 0.1) is 0 Å². The van der Waals surface area contributed by atoms with Gasteiger partial charge in [0.15, 0.2) is 0 Å². The molecule has 1 saturated heterocycles. The van der Waals surface area contributed by atoms with Gasteiger partial charge in [-0.1, -0.05) is 13.8 Å². The molecule has 2 aromatic heterocycles. The first-order chi connectivity index (χ1) is 11.2. The van der Waals surface area contributed by atoms with E-state index in [1.165, 1.54) is 30.7 Å². The number of nitrogens with one attached hydrogen (secondary N) is 1. The van der Waals surface area contributed by atoms with Gasteiger partial charge in [0.1, 0.15) is 5.82 Å². The Labute approximate surface area is 136 Å². The second-order valence-electron chi connectivity index (χ2n) is 7.07. The molecule has 0 amide bonds. The van der Waals surface area contributed by atoms with Crippen molar-refractivity contribution in [2.45, 2.75) is 70.9 Å². The van der Waals surface area contributed by atoms with Gasteiger partial charge in [0.05, 0.1) is 18.3 Å². The molecule has 2 aromatic rings. The number of nitrogens with zero attached hydrogens (tertiary/aromatic N) is 4. The van der Waals surface area contributed by atoms with Crippen LogP contribution in [0.1, 0.15) is 80.5 Å². The quantitative estimate of drug-likeness (QED) is 0.938. The summed E-state index contributed by atoms with van der Waals surface area (Å²) in [6.45, 7) is 5.93. The SMILES string of the molecule is CC(C)c1nnc(CN2CCC[C@H]2c2nc3c([nH]2)CCCC3)o1. The van der Waals surface area contributed by atoms with Crippen molar-refractivity contribution in [3.8, 4) is 0 Å². The number of aromatic nitrogens is 4. The zero-order valence-corrected chi connectivity index (χ0v) is 14.0. The first kappa shape index (κ1) is 14.9. The molecule has 6 nitrogen and oxygen atoms in total. The van der Waals surface area contributed by atoms with E-state index >= 15 is 0 Å². The zero-order chi connectivity index (χ0) is 15.8. The highest BCUT2D eigenvalue weighted by Gasteiger charge is 2.31. The summed E-state index contributed by atoms with van der Waals surface area (Å²) in [6, 6.07) is 0.356. The Balaban J connectivity index is 1.50. The van der Waals surface area contributed by atoms with E-state index < -0.39 is 0 Å². The standard InChI is InChI=1S/C17H25N5O/c1-11(2)17-21-20-15(23-17)10-22-9-5-8-14(22)16-18-12-6-3-4-7-13(12)19-16/h11,14H,3-10H2,1-2H3,(H,18,19)/t14-/m0/s1. The van der Waals surface area contributed by atoms with Gasteiger partial charge < -0.3 is 9.40 Å². The van der Waals surface area contributed by atoms with Gasteiger partial charge in [-0.25, -0.2) is 4.98 Å². The molecular formula is C17H25N5O. The number of H-pyrrole nitrogens is 1. The van der Waals surface area contributed by atoms with Crippen LogP contribution in [0.15, 0.2) is 4.42 Å². The molecule has 0 aromatic carbocycles. The molecule has 1 N–H and O–H groups in total. The summed E-state index contributed by atoms with van der Waals surface area (Å²) in [5, 5.41) is 8.35. The molecule has 124 valence electrons. The Kier molecular flexibility index (Phi) is 3.93. The average molecular weight is 315 g/mol. The van der Waals surface area contributed by atoms with Crippen molar-refractivity contribution in [1.82, 2.24) is 25.1 Å². The molecule has 3 heterocycles. The lowest BCUT2D eigenvalue weighted by atomic mass is 10.0. The van der Waals surface area contributed by atoms with Crippen LogP contribution < -0.4 is 0 Å². The zero-order valence-electron chi connectivity index (χ0n) is 14.0. The van der Waals surface area contributed by atoms with Crippen LogP contribution in [-0.4, -0.2) is 31.6 Å². The lowest BCUT2D eigenvalue weighted by molar-refractivity contribution is 0.214. The first-order valence-electron chi connectivity index (χ1n) is 8.84. The molecule has 0 unspecified atom stereocenters. The molecule has 1 fully saturated rings. The van der Waals surface area contributed by atoms with Crippen LogP contribution in [0.4, 0.5) is 0 Å². The van der Waals surface area contributed by atoms with Gasteiger partial charge in [0, 0.05) is 11.6 Å². The van der Waals surface area contributed by atoms with Crippen molar-refractivity contribution in [3.05, 3.63) is 29.0 Å². The molecule has 0 spiro atoms. The van der Waals surface area contributed by atoms with E-state index in [4.69, 9.17) is 9.40 Å². The van der Waals surface area contributed by atoms with Crippen molar-refractivity contribution >= 4 is 0 Å². The largest absolute Gasteiger partial charge is 0.424 e. The number of aryl methyl sites for hydroxylation is 2. The topological polar surface area (TPSA) is 70.8 Å². The summed E-state index contributed by atoms with van der Waals surface area (Å²) >= 11 is 0. The summed E-state index contributed by atoms with van der Waals surface area (Å²) in [6.07, 6.45) is 7.17. The van der Waals surface area contributed by atoms with Crippen LogP contribution in [-0.2, 0) is 19.4 Å². The molecule has 2 aliphatic rings. The van der Waals surface area contributed by atoms with Gasteiger partial charge in [-0.2, -0.15) is 0 Å². The minimum Gasteiger partial charge on any atom is -0.424 e. The molecule has 1 aliphatic heterocycles. The molecule has 1 atom stereocenters. The Hall–Kier alpha value is -1.69. The fourth-order valence-electron chi connectivity index (χ4n) is 3.70. The van der Waals surface area contributed by atoms with Gasteiger partial charge in [0.2, 0.25) is 11.8 Å².